The molecule has 1 N–H and O–H groups in total. The summed E-state index contributed by atoms with van der Waals surface area (Å²) in [5, 5.41) is 13.8. The number of benzene rings is 2. The van der Waals surface area contributed by atoms with Gasteiger partial charge in [0.25, 0.3) is 5.69 Å². The second-order valence-corrected chi connectivity index (χ2v) is 5.09. The molecule has 2 rings (SSSR count). The predicted molar refractivity (Wildman–Crippen MR) is 86.4 cm³/mol. The largest absolute Gasteiger partial charge is 0.496 e. The summed E-state index contributed by atoms with van der Waals surface area (Å²) >= 11 is 0. The highest BCUT2D eigenvalue weighted by Crippen LogP contribution is 2.24. The average Bonchev–Trinajstić information content (AvgIpc) is 2.54. The van der Waals surface area contributed by atoms with Crippen LogP contribution in [-0.2, 0) is 11.2 Å². The molecule has 0 saturated carbocycles. The van der Waals surface area contributed by atoms with Gasteiger partial charge < -0.3 is 10.1 Å². The summed E-state index contributed by atoms with van der Waals surface area (Å²) in [6.07, 6.45) is -0.0450. The second kappa shape index (κ2) is 7.40. The molecule has 2 aromatic carbocycles. The predicted octanol–water partition coefficient (Wildman–Crippen LogP) is 3.02. The molecule has 0 spiro atoms. The van der Waals surface area contributed by atoms with Gasteiger partial charge in [-0.1, -0.05) is 36.4 Å². The van der Waals surface area contributed by atoms with Gasteiger partial charge in [-0.3, -0.25) is 14.9 Å². The number of para-hydroxylation sites is 2. The quantitative estimate of drug-likeness (QED) is 0.656. The van der Waals surface area contributed by atoms with Crippen LogP contribution in [0.3, 0.4) is 0 Å². The molecule has 0 aliphatic rings. The van der Waals surface area contributed by atoms with Crippen molar-refractivity contribution in [1.82, 2.24) is 5.32 Å². The van der Waals surface area contributed by atoms with Crippen molar-refractivity contribution in [1.29, 1.82) is 0 Å². The number of rotatable bonds is 6. The number of amides is 1. The summed E-state index contributed by atoms with van der Waals surface area (Å²) in [6.45, 7) is 1.84. The van der Waals surface area contributed by atoms with Gasteiger partial charge in [0.1, 0.15) is 5.75 Å². The van der Waals surface area contributed by atoms with Crippen LogP contribution >= 0.6 is 0 Å². The monoisotopic (exact) mass is 314 g/mol. The van der Waals surface area contributed by atoms with Gasteiger partial charge in [0, 0.05) is 17.2 Å². The lowest BCUT2D eigenvalue weighted by Gasteiger charge is -2.17. The maximum Gasteiger partial charge on any atom is 0.273 e. The number of nitrogens with one attached hydrogen (secondary N) is 1. The van der Waals surface area contributed by atoms with E-state index in [1.54, 1.807) is 25.3 Å². The van der Waals surface area contributed by atoms with Crippen molar-refractivity contribution in [3.8, 4) is 5.75 Å². The molecule has 2 aromatic rings. The minimum absolute atomic E-state index is 0.0450. The van der Waals surface area contributed by atoms with Crippen LogP contribution in [0, 0.1) is 10.1 Å². The zero-order chi connectivity index (χ0) is 16.8. The van der Waals surface area contributed by atoms with Gasteiger partial charge in [0.05, 0.1) is 24.5 Å². The molecule has 120 valence electrons. The minimum atomic E-state index is -0.480. The molecule has 0 heterocycles. The van der Waals surface area contributed by atoms with Crippen LogP contribution in [0.25, 0.3) is 0 Å². The topological polar surface area (TPSA) is 81.5 Å². The molecule has 1 unspecified atom stereocenters. The van der Waals surface area contributed by atoms with Crippen LogP contribution in [0.1, 0.15) is 24.1 Å². The van der Waals surface area contributed by atoms with Crippen molar-refractivity contribution in [3.63, 3.8) is 0 Å². The first-order valence-electron chi connectivity index (χ1n) is 7.17. The second-order valence-electron chi connectivity index (χ2n) is 5.09. The van der Waals surface area contributed by atoms with Gasteiger partial charge in [-0.15, -0.1) is 0 Å². The van der Waals surface area contributed by atoms with Crippen LogP contribution in [0.2, 0.25) is 0 Å². The minimum Gasteiger partial charge on any atom is -0.496 e. The van der Waals surface area contributed by atoms with Gasteiger partial charge in [-0.05, 0) is 13.0 Å². The smallest absolute Gasteiger partial charge is 0.273 e. The van der Waals surface area contributed by atoms with Gasteiger partial charge in [-0.2, -0.15) is 0 Å². The third-order valence-electron chi connectivity index (χ3n) is 3.52. The number of hydrogen-bond acceptors (Lipinski definition) is 4. The average molecular weight is 314 g/mol. The fourth-order valence-corrected chi connectivity index (χ4v) is 2.41. The number of hydrogen-bond donors (Lipinski definition) is 1. The van der Waals surface area contributed by atoms with Crippen LogP contribution in [0.5, 0.6) is 5.75 Å². The van der Waals surface area contributed by atoms with E-state index in [9.17, 15) is 14.9 Å². The fourth-order valence-electron chi connectivity index (χ4n) is 2.41. The Balaban J connectivity index is 2.09. The zero-order valence-corrected chi connectivity index (χ0v) is 13.0. The van der Waals surface area contributed by atoms with E-state index in [0.29, 0.717) is 11.3 Å². The molecule has 0 aliphatic carbocycles. The summed E-state index contributed by atoms with van der Waals surface area (Å²) in [5.74, 6) is 0.406. The first-order chi connectivity index (χ1) is 11.0. The van der Waals surface area contributed by atoms with Crippen LogP contribution in [0.4, 0.5) is 5.69 Å². The fraction of sp³-hybridized carbons (Fsp3) is 0.235. The third kappa shape index (κ3) is 4.06. The Morgan fingerprint density at radius 1 is 1.22 bits per heavy atom. The molecule has 1 amide bonds. The van der Waals surface area contributed by atoms with Crippen molar-refractivity contribution >= 4 is 11.6 Å². The maximum absolute atomic E-state index is 12.2. The van der Waals surface area contributed by atoms with Gasteiger partial charge in [0.2, 0.25) is 5.91 Å². The molecule has 6 nitrogen and oxygen atoms in total. The number of carbonyl (C=O) groups excluding carboxylic acids is 1. The lowest BCUT2D eigenvalue weighted by atomic mass is 10.1. The third-order valence-corrected chi connectivity index (χ3v) is 3.52. The summed E-state index contributed by atoms with van der Waals surface area (Å²) in [7, 11) is 1.57. The highest BCUT2D eigenvalue weighted by Gasteiger charge is 2.18. The molecular weight excluding hydrogens is 296 g/mol. The SMILES string of the molecule is COc1ccccc1C(C)NC(=O)Cc1ccccc1[N+](=O)[O-]. The molecule has 23 heavy (non-hydrogen) atoms. The van der Waals surface area contributed by atoms with Gasteiger partial charge in [-0.25, -0.2) is 0 Å². The van der Waals surface area contributed by atoms with E-state index in [-0.39, 0.29) is 24.1 Å². The highest BCUT2D eigenvalue weighted by atomic mass is 16.6. The number of nitro groups is 1. The number of nitrogens with zero attached hydrogens (tertiary/aromatic N) is 1. The van der Waals surface area contributed by atoms with Crippen LogP contribution < -0.4 is 10.1 Å². The Hall–Kier alpha value is -2.89. The van der Waals surface area contributed by atoms with Crippen molar-refractivity contribution in [3.05, 3.63) is 69.8 Å². The summed E-state index contributed by atoms with van der Waals surface area (Å²) in [6, 6.07) is 13.4. The van der Waals surface area contributed by atoms with Crippen LogP contribution in [0.15, 0.2) is 48.5 Å². The molecule has 6 heteroatoms. The Labute approximate surface area is 134 Å². The number of carbonyl (C=O) groups is 1. The first-order valence-corrected chi connectivity index (χ1v) is 7.17. The Morgan fingerprint density at radius 2 is 1.87 bits per heavy atom. The number of methoxy groups -OCH3 is 1. The zero-order valence-electron chi connectivity index (χ0n) is 13.0. The number of ether oxygens (including phenoxy) is 1. The van der Waals surface area contributed by atoms with E-state index >= 15 is 0 Å². The van der Waals surface area contributed by atoms with E-state index in [2.05, 4.69) is 5.32 Å². The Morgan fingerprint density at radius 3 is 2.57 bits per heavy atom. The van der Waals surface area contributed by atoms with Crippen molar-refractivity contribution in [2.75, 3.05) is 7.11 Å². The molecule has 0 aromatic heterocycles. The maximum atomic E-state index is 12.2. The van der Waals surface area contributed by atoms with Crippen molar-refractivity contribution < 1.29 is 14.5 Å². The van der Waals surface area contributed by atoms with Crippen molar-refractivity contribution in [2.24, 2.45) is 0 Å². The molecule has 0 saturated heterocycles. The summed E-state index contributed by atoms with van der Waals surface area (Å²) < 4.78 is 5.28. The number of nitro benzene ring substituents is 1. The lowest BCUT2D eigenvalue weighted by Crippen LogP contribution is -2.28. The van der Waals surface area contributed by atoms with Gasteiger partial charge >= 0.3 is 0 Å². The Bertz CT molecular complexity index is 715. The summed E-state index contributed by atoms with van der Waals surface area (Å²) in [4.78, 5) is 22.7. The van der Waals surface area contributed by atoms with E-state index in [1.807, 2.05) is 31.2 Å². The molecule has 0 radical (unpaired) electrons. The lowest BCUT2D eigenvalue weighted by molar-refractivity contribution is -0.385. The Kier molecular flexibility index (Phi) is 5.30. The van der Waals surface area contributed by atoms with E-state index in [4.69, 9.17) is 4.74 Å². The molecule has 0 bridgehead atoms. The first kappa shape index (κ1) is 16.5. The highest BCUT2D eigenvalue weighted by molar-refractivity contribution is 5.80. The van der Waals surface area contributed by atoms with Gasteiger partial charge in [0.15, 0.2) is 0 Å². The van der Waals surface area contributed by atoms with Crippen molar-refractivity contribution in [2.45, 2.75) is 19.4 Å². The molecule has 0 fully saturated rings. The summed E-state index contributed by atoms with van der Waals surface area (Å²) in [5.41, 5.74) is 1.20. The normalized spacial score (nSPS) is 11.6. The molecule has 0 aliphatic heterocycles. The molecule has 1 atom stereocenters. The van der Waals surface area contributed by atoms with Crippen LogP contribution in [-0.4, -0.2) is 17.9 Å². The van der Waals surface area contributed by atoms with E-state index < -0.39 is 4.92 Å². The molecular formula is C17H18N2O4. The van der Waals surface area contributed by atoms with E-state index in [1.165, 1.54) is 6.07 Å². The van der Waals surface area contributed by atoms with E-state index in [0.717, 1.165) is 5.56 Å². The standard InChI is InChI=1S/C17H18N2O4/c1-12(14-8-4-6-10-16(14)23-2)18-17(20)11-13-7-3-5-9-15(13)19(21)22/h3-10,12H,11H2,1-2H3,(H,18,20).